The van der Waals surface area contributed by atoms with Crippen molar-refractivity contribution in [3.63, 3.8) is 0 Å². The Hall–Kier alpha value is -1.57. The van der Waals surface area contributed by atoms with Gasteiger partial charge in [0.15, 0.2) is 0 Å². The van der Waals surface area contributed by atoms with Crippen molar-refractivity contribution in [3.05, 3.63) is 35.4 Å². The number of carbonyl (C=O) groups is 1. The summed E-state index contributed by atoms with van der Waals surface area (Å²) in [6.07, 6.45) is 8.80. The van der Waals surface area contributed by atoms with Gasteiger partial charge in [0.2, 0.25) is 0 Å². The largest absolute Gasteiger partial charge is 0.496 e. The van der Waals surface area contributed by atoms with E-state index in [4.69, 9.17) is 4.74 Å². The molecular weight excluding hydrogens is 248 g/mol. The van der Waals surface area contributed by atoms with Gasteiger partial charge < -0.3 is 4.74 Å². The van der Waals surface area contributed by atoms with E-state index in [1.165, 1.54) is 37.7 Å². The van der Waals surface area contributed by atoms with Gasteiger partial charge in [0, 0.05) is 5.56 Å². The second-order valence-corrected chi connectivity index (χ2v) is 6.02. The lowest BCUT2D eigenvalue weighted by atomic mass is 9.70. The summed E-state index contributed by atoms with van der Waals surface area (Å²) in [6.45, 7) is 4.32. The molecule has 108 valence electrons. The number of ether oxygens (including phenoxy) is 1. The quantitative estimate of drug-likeness (QED) is 0.595. The van der Waals surface area contributed by atoms with Gasteiger partial charge in [-0.1, -0.05) is 32.3 Å². The fourth-order valence-electron chi connectivity index (χ4n) is 3.22. The van der Waals surface area contributed by atoms with Gasteiger partial charge >= 0.3 is 0 Å². The van der Waals surface area contributed by atoms with E-state index in [0.717, 1.165) is 23.2 Å². The third kappa shape index (κ3) is 2.95. The van der Waals surface area contributed by atoms with Crippen molar-refractivity contribution in [2.45, 2.75) is 51.4 Å². The molecule has 1 aliphatic rings. The van der Waals surface area contributed by atoms with E-state index in [9.17, 15) is 4.79 Å². The van der Waals surface area contributed by atoms with Crippen molar-refractivity contribution in [3.8, 4) is 5.75 Å². The second-order valence-electron chi connectivity index (χ2n) is 6.02. The van der Waals surface area contributed by atoms with Crippen LogP contribution in [0.15, 0.2) is 24.3 Å². The lowest BCUT2D eigenvalue weighted by molar-refractivity contribution is -0.104. The lowest BCUT2D eigenvalue weighted by Crippen LogP contribution is -2.25. The van der Waals surface area contributed by atoms with Gasteiger partial charge in [-0.15, -0.1) is 0 Å². The van der Waals surface area contributed by atoms with Crippen LogP contribution in [0.3, 0.4) is 0 Å². The number of hydrogen-bond donors (Lipinski definition) is 0. The number of carbonyl (C=O) groups excluding carboxylic acids is 1. The fourth-order valence-corrected chi connectivity index (χ4v) is 3.22. The zero-order valence-corrected chi connectivity index (χ0v) is 12.7. The van der Waals surface area contributed by atoms with Gasteiger partial charge in [0.25, 0.3) is 0 Å². The molecule has 1 aliphatic carbocycles. The monoisotopic (exact) mass is 272 g/mol. The van der Waals surface area contributed by atoms with Crippen LogP contribution in [0, 0.1) is 0 Å². The summed E-state index contributed by atoms with van der Waals surface area (Å²) < 4.78 is 5.57. The maximum absolute atomic E-state index is 10.7. The summed E-state index contributed by atoms with van der Waals surface area (Å²) in [5.74, 6) is 0.969. The van der Waals surface area contributed by atoms with E-state index >= 15 is 0 Å². The molecule has 0 aromatic heterocycles. The van der Waals surface area contributed by atoms with Crippen LogP contribution in [0.4, 0.5) is 0 Å². The van der Waals surface area contributed by atoms with Crippen LogP contribution >= 0.6 is 0 Å². The maximum Gasteiger partial charge on any atom is 0.143 e. The van der Waals surface area contributed by atoms with Crippen LogP contribution in [0.1, 0.15) is 57.1 Å². The smallest absolute Gasteiger partial charge is 0.143 e. The molecule has 1 saturated carbocycles. The minimum absolute atomic E-state index is 0.195. The molecule has 2 rings (SSSR count). The van der Waals surface area contributed by atoms with Crippen LogP contribution in [-0.4, -0.2) is 13.4 Å². The predicted octanol–water partition coefficient (Wildman–Crippen LogP) is 4.52. The molecule has 1 aromatic rings. The number of benzene rings is 1. The fraction of sp³-hybridized carbons (Fsp3) is 0.500. The first-order valence-electron chi connectivity index (χ1n) is 7.42. The summed E-state index contributed by atoms with van der Waals surface area (Å²) >= 11 is 0. The third-order valence-corrected chi connectivity index (χ3v) is 4.58. The molecule has 0 radical (unpaired) electrons. The molecular formula is C18H24O2. The lowest BCUT2D eigenvalue weighted by Gasteiger charge is -2.35. The summed E-state index contributed by atoms with van der Waals surface area (Å²) in [7, 11) is 1.73. The summed E-state index contributed by atoms with van der Waals surface area (Å²) in [5, 5.41) is 0. The van der Waals surface area contributed by atoms with E-state index in [1.807, 2.05) is 19.1 Å². The van der Waals surface area contributed by atoms with E-state index in [-0.39, 0.29) is 5.41 Å². The highest BCUT2D eigenvalue weighted by Crippen LogP contribution is 2.43. The first-order chi connectivity index (χ1) is 9.60. The minimum Gasteiger partial charge on any atom is -0.496 e. The Morgan fingerprint density at radius 3 is 2.55 bits per heavy atom. The molecule has 0 amide bonds. The van der Waals surface area contributed by atoms with Gasteiger partial charge in [0.05, 0.1) is 7.11 Å². The Labute approximate surface area is 121 Å². The highest BCUT2D eigenvalue weighted by atomic mass is 16.5. The molecule has 0 N–H and O–H groups in total. The van der Waals surface area contributed by atoms with Crippen LogP contribution in [0.25, 0.3) is 5.57 Å². The van der Waals surface area contributed by atoms with E-state index in [2.05, 4.69) is 13.0 Å². The van der Waals surface area contributed by atoms with Crippen molar-refractivity contribution < 1.29 is 9.53 Å². The summed E-state index contributed by atoms with van der Waals surface area (Å²) in [4.78, 5) is 10.7. The predicted molar refractivity (Wildman–Crippen MR) is 83.1 cm³/mol. The molecule has 0 saturated heterocycles. The standard InChI is InChI=1S/C18H24O2/c1-14(9-12-19)15-7-8-17(20-3)16(13-15)18(2)10-5-4-6-11-18/h7-9,12-13H,4-6,10-11H2,1-3H3. The zero-order chi connectivity index (χ0) is 14.6. The Bertz CT molecular complexity index is 508. The molecule has 0 unspecified atom stereocenters. The van der Waals surface area contributed by atoms with Gasteiger partial charge in [-0.2, -0.15) is 0 Å². The molecule has 0 heterocycles. The number of hydrogen-bond acceptors (Lipinski definition) is 2. The normalized spacial score (nSPS) is 18.6. The molecule has 0 atom stereocenters. The highest BCUT2D eigenvalue weighted by Gasteiger charge is 2.31. The van der Waals surface area contributed by atoms with Gasteiger partial charge in [-0.3, -0.25) is 4.79 Å². The maximum atomic E-state index is 10.7. The van der Waals surface area contributed by atoms with Crippen molar-refractivity contribution in [2.75, 3.05) is 7.11 Å². The van der Waals surface area contributed by atoms with Crippen molar-refractivity contribution in [1.29, 1.82) is 0 Å². The van der Waals surface area contributed by atoms with Gasteiger partial charge in [-0.05, 0) is 54.5 Å². The first kappa shape index (κ1) is 14.8. The van der Waals surface area contributed by atoms with Crippen LogP contribution in [0.5, 0.6) is 5.75 Å². The topological polar surface area (TPSA) is 26.3 Å². The van der Waals surface area contributed by atoms with E-state index < -0.39 is 0 Å². The van der Waals surface area contributed by atoms with Crippen LogP contribution in [-0.2, 0) is 10.2 Å². The van der Waals surface area contributed by atoms with Crippen molar-refractivity contribution in [2.24, 2.45) is 0 Å². The molecule has 0 bridgehead atoms. The van der Waals surface area contributed by atoms with Gasteiger partial charge in [-0.25, -0.2) is 0 Å². The second kappa shape index (κ2) is 6.25. The Morgan fingerprint density at radius 2 is 1.95 bits per heavy atom. The van der Waals surface area contributed by atoms with Crippen LogP contribution in [0.2, 0.25) is 0 Å². The Morgan fingerprint density at radius 1 is 1.25 bits per heavy atom. The third-order valence-electron chi connectivity index (χ3n) is 4.58. The molecule has 2 nitrogen and oxygen atoms in total. The molecule has 1 fully saturated rings. The number of methoxy groups -OCH3 is 1. The molecule has 0 aliphatic heterocycles. The number of allylic oxidation sites excluding steroid dienone is 2. The average Bonchev–Trinajstić information content (AvgIpc) is 2.47. The molecule has 0 spiro atoms. The SMILES string of the molecule is COc1ccc(C(C)=CC=O)cc1C1(C)CCCCC1. The Balaban J connectivity index is 2.46. The van der Waals surface area contributed by atoms with Crippen LogP contribution < -0.4 is 4.74 Å². The summed E-state index contributed by atoms with van der Waals surface area (Å²) in [5.41, 5.74) is 3.60. The van der Waals surface area contributed by atoms with Gasteiger partial charge in [0.1, 0.15) is 12.0 Å². The first-order valence-corrected chi connectivity index (χ1v) is 7.42. The molecule has 20 heavy (non-hydrogen) atoms. The highest BCUT2D eigenvalue weighted by molar-refractivity contribution is 5.81. The van der Waals surface area contributed by atoms with Crippen molar-refractivity contribution >= 4 is 11.9 Å². The van der Waals surface area contributed by atoms with E-state index in [0.29, 0.717) is 0 Å². The molecule has 1 aromatic carbocycles. The van der Waals surface area contributed by atoms with Crippen molar-refractivity contribution in [1.82, 2.24) is 0 Å². The summed E-state index contributed by atoms with van der Waals surface area (Å²) in [6, 6.07) is 6.27. The number of aldehydes is 1. The molecule has 2 heteroatoms. The zero-order valence-electron chi connectivity index (χ0n) is 12.7. The van der Waals surface area contributed by atoms with E-state index in [1.54, 1.807) is 13.2 Å². The number of rotatable bonds is 4. The average molecular weight is 272 g/mol. The minimum atomic E-state index is 0.195. The Kier molecular flexibility index (Phi) is 4.64.